The van der Waals surface area contributed by atoms with Crippen LogP contribution in [-0.4, -0.2) is 35.6 Å². The number of aryl methyl sites for hydroxylation is 1. The van der Waals surface area contributed by atoms with Gasteiger partial charge in [-0.2, -0.15) is 0 Å². The number of hydrogen-bond acceptors (Lipinski definition) is 3. The minimum atomic E-state index is 0.465. The highest BCUT2D eigenvalue weighted by Gasteiger charge is 2.23. The van der Waals surface area contributed by atoms with Crippen molar-refractivity contribution in [2.75, 3.05) is 19.6 Å². The first-order valence-electron chi connectivity index (χ1n) is 8.26. The average Bonchev–Trinajstić information content (AvgIpc) is 2.53. The maximum Gasteiger partial charge on any atom is 0.0605 e. The van der Waals surface area contributed by atoms with E-state index < -0.39 is 0 Å². The Morgan fingerprint density at radius 1 is 1.30 bits per heavy atom. The molecule has 3 nitrogen and oxygen atoms in total. The van der Waals surface area contributed by atoms with Crippen LogP contribution in [0.4, 0.5) is 0 Å². The van der Waals surface area contributed by atoms with Crippen molar-refractivity contribution in [3.05, 3.63) is 29.6 Å². The van der Waals surface area contributed by atoms with Gasteiger partial charge in [0.05, 0.1) is 5.69 Å². The smallest absolute Gasteiger partial charge is 0.0605 e. The molecule has 1 aliphatic carbocycles. The van der Waals surface area contributed by atoms with Crippen LogP contribution in [0.2, 0.25) is 0 Å². The number of nitrogens with one attached hydrogen (secondary N) is 1. The average molecular weight is 273 g/mol. The van der Waals surface area contributed by atoms with Crippen LogP contribution in [0.25, 0.3) is 0 Å². The fourth-order valence-electron chi connectivity index (χ4n) is 3.61. The van der Waals surface area contributed by atoms with E-state index in [4.69, 9.17) is 0 Å². The second-order valence-electron chi connectivity index (χ2n) is 6.35. The third-order valence-corrected chi connectivity index (χ3v) is 4.87. The van der Waals surface area contributed by atoms with Crippen molar-refractivity contribution < 1.29 is 0 Å². The zero-order chi connectivity index (χ0) is 13.8. The normalized spacial score (nSPS) is 25.1. The summed E-state index contributed by atoms with van der Waals surface area (Å²) < 4.78 is 0. The molecule has 1 fully saturated rings. The maximum absolute atomic E-state index is 4.62. The molecule has 110 valence electrons. The molecule has 3 heteroatoms. The molecule has 3 rings (SSSR count). The standard InChI is InChI=1S/C17H27N3/c1-14(20-11-3-2-4-12-20)13-19-16-9-5-7-15-8-6-10-18-17(15)16/h6,8,10,14,16,19H,2-5,7,9,11-13H2,1H3. The molecule has 2 heterocycles. The molecule has 0 radical (unpaired) electrons. The van der Waals surface area contributed by atoms with E-state index >= 15 is 0 Å². The van der Waals surface area contributed by atoms with Gasteiger partial charge >= 0.3 is 0 Å². The van der Waals surface area contributed by atoms with E-state index in [1.54, 1.807) is 0 Å². The second-order valence-corrected chi connectivity index (χ2v) is 6.35. The van der Waals surface area contributed by atoms with E-state index in [2.05, 4.69) is 34.3 Å². The topological polar surface area (TPSA) is 28.2 Å². The summed E-state index contributed by atoms with van der Waals surface area (Å²) >= 11 is 0. The van der Waals surface area contributed by atoms with Crippen molar-refractivity contribution in [1.82, 2.24) is 15.2 Å². The van der Waals surface area contributed by atoms with Crippen LogP contribution in [0.1, 0.15) is 56.3 Å². The Kier molecular flexibility index (Phi) is 4.69. The minimum Gasteiger partial charge on any atom is -0.307 e. The molecule has 2 aliphatic rings. The number of pyridine rings is 1. The van der Waals surface area contributed by atoms with Gasteiger partial charge in [-0.15, -0.1) is 0 Å². The summed E-state index contributed by atoms with van der Waals surface area (Å²) in [6.45, 7) is 6.01. The monoisotopic (exact) mass is 273 g/mol. The quantitative estimate of drug-likeness (QED) is 0.914. The molecule has 1 N–H and O–H groups in total. The number of nitrogens with zero attached hydrogens (tertiary/aromatic N) is 2. The van der Waals surface area contributed by atoms with Crippen LogP contribution in [0.15, 0.2) is 18.3 Å². The fourth-order valence-corrected chi connectivity index (χ4v) is 3.61. The van der Waals surface area contributed by atoms with Crippen molar-refractivity contribution in [3.8, 4) is 0 Å². The predicted molar refractivity (Wildman–Crippen MR) is 82.8 cm³/mol. The lowest BCUT2D eigenvalue weighted by Gasteiger charge is -2.34. The molecule has 0 bridgehead atoms. The van der Waals surface area contributed by atoms with Gasteiger partial charge in [0.15, 0.2) is 0 Å². The molecule has 0 spiro atoms. The minimum absolute atomic E-state index is 0.465. The molecule has 1 aromatic heterocycles. The van der Waals surface area contributed by atoms with Crippen LogP contribution in [-0.2, 0) is 6.42 Å². The second kappa shape index (κ2) is 6.68. The molecule has 20 heavy (non-hydrogen) atoms. The molecule has 0 amide bonds. The summed E-state index contributed by atoms with van der Waals surface area (Å²) in [6.07, 6.45) is 9.81. The van der Waals surface area contributed by atoms with Crippen molar-refractivity contribution in [2.45, 2.75) is 57.5 Å². The Morgan fingerprint density at radius 3 is 3.00 bits per heavy atom. The first-order valence-corrected chi connectivity index (χ1v) is 8.26. The summed E-state index contributed by atoms with van der Waals surface area (Å²) in [6, 6.07) is 5.42. The number of piperidine rings is 1. The van der Waals surface area contributed by atoms with Gasteiger partial charge in [-0.1, -0.05) is 12.5 Å². The number of hydrogen-bond donors (Lipinski definition) is 1. The van der Waals surface area contributed by atoms with E-state index in [1.165, 1.54) is 62.9 Å². The zero-order valence-electron chi connectivity index (χ0n) is 12.6. The molecule has 1 aliphatic heterocycles. The van der Waals surface area contributed by atoms with E-state index in [-0.39, 0.29) is 0 Å². The molecule has 0 saturated carbocycles. The summed E-state index contributed by atoms with van der Waals surface area (Å²) in [5, 5.41) is 3.77. The van der Waals surface area contributed by atoms with Gasteiger partial charge in [0.2, 0.25) is 0 Å². The highest BCUT2D eigenvalue weighted by molar-refractivity contribution is 5.25. The van der Waals surface area contributed by atoms with Gasteiger partial charge in [-0.3, -0.25) is 9.88 Å². The lowest BCUT2D eigenvalue weighted by Crippen LogP contribution is -2.44. The largest absolute Gasteiger partial charge is 0.307 e. The van der Waals surface area contributed by atoms with E-state index in [0.29, 0.717) is 12.1 Å². The van der Waals surface area contributed by atoms with Gasteiger partial charge in [0.1, 0.15) is 0 Å². The molecular formula is C17H27N3. The van der Waals surface area contributed by atoms with Gasteiger partial charge in [0, 0.05) is 24.8 Å². The lowest BCUT2D eigenvalue weighted by molar-refractivity contribution is 0.167. The van der Waals surface area contributed by atoms with Crippen LogP contribution in [0.5, 0.6) is 0 Å². The highest BCUT2D eigenvalue weighted by Crippen LogP contribution is 2.27. The number of aromatic nitrogens is 1. The zero-order valence-corrected chi connectivity index (χ0v) is 12.6. The third kappa shape index (κ3) is 3.21. The predicted octanol–water partition coefficient (Wildman–Crippen LogP) is 2.92. The molecular weight excluding hydrogens is 246 g/mol. The Hall–Kier alpha value is -0.930. The van der Waals surface area contributed by atoms with Crippen LogP contribution in [0, 0.1) is 0 Å². The van der Waals surface area contributed by atoms with Crippen molar-refractivity contribution in [1.29, 1.82) is 0 Å². The Balaban J connectivity index is 1.56. The van der Waals surface area contributed by atoms with Crippen molar-refractivity contribution in [2.24, 2.45) is 0 Å². The fraction of sp³-hybridized carbons (Fsp3) is 0.706. The summed E-state index contributed by atoms with van der Waals surface area (Å²) in [5.74, 6) is 0. The van der Waals surface area contributed by atoms with E-state index in [0.717, 1.165) is 6.54 Å². The molecule has 2 atom stereocenters. The Bertz CT molecular complexity index is 426. The van der Waals surface area contributed by atoms with Gasteiger partial charge in [0.25, 0.3) is 0 Å². The summed E-state index contributed by atoms with van der Waals surface area (Å²) in [5.41, 5.74) is 2.74. The molecule has 2 unspecified atom stereocenters. The highest BCUT2D eigenvalue weighted by atomic mass is 15.2. The number of likely N-dealkylation sites (tertiary alicyclic amines) is 1. The SMILES string of the molecule is CC(CNC1CCCc2cccnc21)N1CCCCC1. The van der Waals surface area contributed by atoms with Crippen molar-refractivity contribution >= 4 is 0 Å². The molecule has 1 aromatic rings. The van der Waals surface area contributed by atoms with Gasteiger partial charge in [-0.05, 0) is 63.7 Å². The molecule has 1 saturated heterocycles. The van der Waals surface area contributed by atoms with Gasteiger partial charge < -0.3 is 5.32 Å². The van der Waals surface area contributed by atoms with Crippen LogP contribution in [0.3, 0.4) is 0 Å². The third-order valence-electron chi connectivity index (χ3n) is 4.87. The maximum atomic E-state index is 4.62. The Labute approximate surface area is 122 Å². The summed E-state index contributed by atoms with van der Waals surface area (Å²) in [4.78, 5) is 7.25. The Morgan fingerprint density at radius 2 is 2.15 bits per heavy atom. The van der Waals surface area contributed by atoms with E-state index in [9.17, 15) is 0 Å². The van der Waals surface area contributed by atoms with E-state index in [1.807, 2.05) is 6.20 Å². The van der Waals surface area contributed by atoms with Crippen LogP contribution >= 0.6 is 0 Å². The van der Waals surface area contributed by atoms with Crippen molar-refractivity contribution in [3.63, 3.8) is 0 Å². The van der Waals surface area contributed by atoms with Gasteiger partial charge in [-0.25, -0.2) is 0 Å². The number of rotatable bonds is 4. The molecule has 0 aromatic carbocycles. The summed E-state index contributed by atoms with van der Waals surface area (Å²) in [7, 11) is 0. The lowest BCUT2D eigenvalue weighted by atomic mass is 9.92. The first kappa shape index (κ1) is 14.0. The number of fused-ring (bicyclic) bond motifs is 1. The first-order chi connectivity index (χ1) is 9.84. The van der Waals surface area contributed by atoms with Crippen LogP contribution < -0.4 is 5.32 Å².